The number of aromatic amines is 1. The Balaban J connectivity index is 2.50. The second-order valence-corrected chi connectivity index (χ2v) is 3.95. The molecular formula is C10H8BrN3O. The van der Waals surface area contributed by atoms with Crippen molar-refractivity contribution in [2.45, 2.75) is 0 Å². The van der Waals surface area contributed by atoms with Gasteiger partial charge in [-0.2, -0.15) is 5.10 Å². The maximum absolute atomic E-state index is 10.6. The number of fused-ring (bicyclic) bond motifs is 1. The van der Waals surface area contributed by atoms with Crippen LogP contribution >= 0.6 is 15.9 Å². The van der Waals surface area contributed by atoms with E-state index in [2.05, 4.69) is 26.1 Å². The van der Waals surface area contributed by atoms with Gasteiger partial charge in [0.25, 0.3) is 0 Å². The van der Waals surface area contributed by atoms with Crippen molar-refractivity contribution in [3.8, 4) is 0 Å². The van der Waals surface area contributed by atoms with E-state index in [0.717, 1.165) is 15.4 Å². The lowest BCUT2D eigenvalue weighted by molar-refractivity contribution is -0.113. The molecule has 2 aromatic rings. The molecule has 0 aliphatic rings. The Morgan fingerprint density at radius 1 is 1.53 bits per heavy atom. The number of rotatable bonds is 2. The van der Waals surface area contributed by atoms with Crippen LogP contribution in [0, 0.1) is 0 Å². The third-order valence-electron chi connectivity index (χ3n) is 1.96. The summed E-state index contributed by atoms with van der Waals surface area (Å²) in [5.41, 5.74) is 6.62. The number of hydrogen-bond donors (Lipinski definition) is 2. The Morgan fingerprint density at radius 2 is 2.33 bits per heavy atom. The number of nitrogens with zero attached hydrogens (tertiary/aromatic N) is 1. The maximum Gasteiger partial charge on any atom is 0.241 e. The van der Waals surface area contributed by atoms with Gasteiger partial charge in [0.2, 0.25) is 5.91 Å². The van der Waals surface area contributed by atoms with E-state index >= 15 is 0 Å². The quantitative estimate of drug-likeness (QED) is 0.814. The molecule has 2 rings (SSSR count). The summed E-state index contributed by atoms with van der Waals surface area (Å²) in [5, 5.41) is 7.89. The molecule has 15 heavy (non-hydrogen) atoms. The van der Waals surface area contributed by atoms with E-state index in [-0.39, 0.29) is 0 Å². The van der Waals surface area contributed by atoms with Crippen molar-refractivity contribution in [2.75, 3.05) is 0 Å². The molecule has 1 heterocycles. The third-order valence-corrected chi connectivity index (χ3v) is 2.45. The van der Waals surface area contributed by atoms with Gasteiger partial charge in [0.05, 0.1) is 11.2 Å². The van der Waals surface area contributed by atoms with Crippen LogP contribution in [0.2, 0.25) is 0 Å². The number of nitrogens with two attached hydrogens (primary N) is 1. The molecule has 0 aliphatic carbocycles. The predicted molar refractivity (Wildman–Crippen MR) is 62.0 cm³/mol. The fourth-order valence-electron chi connectivity index (χ4n) is 1.30. The van der Waals surface area contributed by atoms with Gasteiger partial charge in [0.1, 0.15) is 0 Å². The molecular weight excluding hydrogens is 258 g/mol. The molecule has 0 radical (unpaired) electrons. The van der Waals surface area contributed by atoms with Crippen molar-refractivity contribution in [3.63, 3.8) is 0 Å². The van der Waals surface area contributed by atoms with Crippen molar-refractivity contribution in [3.05, 3.63) is 34.4 Å². The molecule has 0 fully saturated rings. The molecule has 0 atom stereocenters. The van der Waals surface area contributed by atoms with Crippen LogP contribution in [0.1, 0.15) is 5.69 Å². The number of carbonyl (C=O) groups excluding carboxylic acids is 1. The van der Waals surface area contributed by atoms with Crippen LogP contribution in [-0.2, 0) is 4.79 Å². The monoisotopic (exact) mass is 265 g/mol. The molecule has 0 spiro atoms. The van der Waals surface area contributed by atoms with Gasteiger partial charge in [-0.25, -0.2) is 0 Å². The van der Waals surface area contributed by atoms with Gasteiger partial charge in [-0.3, -0.25) is 9.89 Å². The maximum atomic E-state index is 10.6. The number of nitrogens with one attached hydrogen (secondary N) is 1. The zero-order valence-electron chi connectivity index (χ0n) is 7.70. The molecule has 1 amide bonds. The van der Waals surface area contributed by atoms with E-state index in [1.165, 1.54) is 6.08 Å². The summed E-state index contributed by atoms with van der Waals surface area (Å²) in [7, 11) is 0. The van der Waals surface area contributed by atoms with Crippen LogP contribution in [0.3, 0.4) is 0 Å². The molecule has 1 aromatic carbocycles. The molecule has 3 N–H and O–H groups in total. The lowest BCUT2D eigenvalue weighted by Gasteiger charge is -1.90. The number of hydrogen-bond acceptors (Lipinski definition) is 2. The fraction of sp³-hybridized carbons (Fsp3) is 0. The third kappa shape index (κ3) is 2.07. The zero-order valence-corrected chi connectivity index (χ0v) is 9.28. The Labute approximate surface area is 94.3 Å². The summed E-state index contributed by atoms with van der Waals surface area (Å²) in [6.45, 7) is 0. The highest BCUT2D eigenvalue weighted by Crippen LogP contribution is 2.21. The van der Waals surface area contributed by atoms with E-state index in [1.54, 1.807) is 6.08 Å². The minimum Gasteiger partial charge on any atom is -0.366 e. The normalized spacial score (nSPS) is 11.3. The van der Waals surface area contributed by atoms with Crippen LogP contribution in [0.4, 0.5) is 0 Å². The highest BCUT2D eigenvalue weighted by Gasteiger charge is 2.02. The molecule has 76 valence electrons. The van der Waals surface area contributed by atoms with E-state index in [4.69, 9.17) is 5.73 Å². The van der Waals surface area contributed by atoms with E-state index in [9.17, 15) is 4.79 Å². The number of amides is 1. The lowest BCUT2D eigenvalue weighted by Crippen LogP contribution is -2.05. The van der Waals surface area contributed by atoms with Crippen molar-refractivity contribution >= 4 is 38.8 Å². The van der Waals surface area contributed by atoms with Crippen LogP contribution in [0.15, 0.2) is 28.7 Å². The van der Waals surface area contributed by atoms with E-state index < -0.39 is 5.91 Å². The molecule has 0 aliphatic heterocycles. The lowest BCUT2D eigenvalue weighted by atomic mass is 10.2. The number of benzene rings is 1. The van der Waals surface area contributed by atoms with Crippen molar-refractivity contribution in [2.24, 2.45) is 5.73 Å². The van der Waals surface area contributed by atoms with Gasteiger partial charge in [-0.05, 0) is 24.3 Å². The summed E-state index contributed by atoms with van der Waals surface area (Å²) in [6.07, 6.45) is 2.88. The minimum atomic E-state index is -0.483. The molecule has 4 nitrogen and oxygen atoms in total. The first-order chi connectivity index (χ1) is 7.16. The largest absolute Gasteiger partial charge is 0.366 e. The van der Waals surface area contributed by atoms with Gasteiger partial charge >= 0.3 is 0 Å². The van der Waals surface area contributed by atoms with Gasteiger partial charge in [0, 0.05) is 15.9 Å². The first-order valence-corrected chi connectivity index (χ1v) is 5.07. The SMILES string of the molecule is NC(=O)C=Cc1n[nH]c2cc(Br)ccc12. The average molecular weight is 266 g/mol. The van der Waals surface area contributed by atoms with Gasteiger partial charge < -0.3 is 5.73 Å². The Hall–Kier alpha value is -1.62. The molecule has 0 saturated carbocycles. The van der Waals surface area contributed by atoms with Crippen molar-refractivity contribution < 1.29 is 4.79 Å². The molecule has 5 heteroatoms. The zero-order chi connectivity index (χ0) is 10.8. The van der Waals surface area contributed by atoms with Crippen LogP contribution < -0.4 is 5.73 Å². The Bertz CT molecular complexity index is 545. The standard InChI is InChI=1S/C10H8BrN3O/c11-6-1-2-7-8(3-4-10(12)15)13-14-9(7)5-6/h1-5H,(H2,12,15)(H,13,14). The van der Waals surface area contributed by atoms with Crippen LogP contribution in [-0.4, -0.2) is 16.1 Å². The van der Waals surface area contributed by atoms with Crippen LogP contribution in [0.5, 0.6) is 0 Å². The summed E-state index contributed by atoms with van der Waals surface area (Å²) < 4.78 is 0.976. The van der Waals surface area contributed by atoms with E-state index in [0.29, 0.717) is 5.69 Å². The summed E-state index contributed by atoms with van der Waals surface area (Å²) in [6, 6.07) is 5.76. The summed E-state index contributed by atoms with van der Waals surface area (Å²) in [4.78, 5) is 10.6. The predicted octanol–water partition coefficient (Wildman–Crippen LogP) is 1.82. The molecule has 0 unspecified atom stereocenters. The van der Waals surface area contributed by atoms with E-state index in [1.807, 2.05) is 18.2 Å². The summed E-state index contributed by atoms with van der Waals surface area (Å²) in [5.74, 6) is -0.483. The number of aromatic nitrogens is 2. The second kappa shape index (κ2) is 3.86. The number of primary amides is 1. The smallest absolute Gasteiger partial charge is 0.241 e. The van der Waals surface area contributed by atoms with Crippen molar-refractivity contribution in [1.82, 2.24) is 10.2 Å². The number of carbonyl (C=O) groups is 1. The average Bonchev–Trinajstić information content (AvgIpc) is 2.57. The first-order valence-electron chi connectivity index (χ1n) is 4.28. The highest BCUT2D eigenvalue weighted by atomic mass is 79.9. The Morgan fingerprint density at radius 3 is 3.07 bits per heavy atom. The highest BCUT2D eigenvalue weighted by molar-refractivity contribution is 9.10. The molecule has 0 bridgehead atoms. The second-order valence-electron chi connectivity index (χ2n) is 3.03. The van der Waals surface area contributed by atoms with Gasteiger partial charge in [-0.15, -0.1) is 0 Å². The fourth-order valence-corrected chi connectivity index (χ4v) is 1.66. The van der Waals surface area contributed by atoms with Crippen molar-refractivity contribution in [1.29, 1.82) is 0 Å². The first kappa shape index (κ1) is 9.92. The molecule has 1 aromatic heterocycles. The minimum absolute atomic E-state index is 0.483. The van der Waals surface area contributed by atoms with Crippen LogP contribution in [0.25, 0.3) is 17.0 Å². The van der Waals surface area contributed by atoms with Gasteiger partial charge in [0.15, 0.2) is 0 Å². The number of H-pyrrole nitrogens is 1. The molecule has 0 saturated heterocycles. The number of halogens is 1. The van der Waals surface area contributed by atoms with Gasteiger partial charge in [-0.1, -0.05) is 15.9 Å². The Kier molecular flexibility index (Phi) is 2.55. The summed E-state index contributed by atoms with van der Waals surface area (Å²) >= 11 is 3.36. The topological polar surface area (TPSA) is 71.8 Å².